The van der Waals surface area contributed by atoms with Gasteiger partial charge in [0.1, 0.15) is 12.1 Å². The topological polar surface area (TPSA) is 113 Å². The molecular weight excluding hydrogens is 420 g/mol. The SMILES string of the molecule is COC(=O)[C@@H](NC(=O)[C@@H]1CCCN1S(=O)(=O)c1ccc(C)cc1)C(O)c1ccccc1. The normalized spacial score (nSPS) is 18.9. The molecule has 1 unspecified atom stereocenters. The van der Waals surface area contributed by atoms with Gasteiger partial charge in [0.2, 0.25) is 15.9 Å². The largest absolute Gasteiger partial charge is 0.467 e. The van der Waals surface area contributed by atoms with Crippen molar-refractivity contribution in [3.05, 3.63) is 65.7 Å². The van der Waals surface area contributed by atoms with Crippen molar-refractivity contribution in [1.82, 2.24) is 9.62 Å². The summed E-state index contributed by atoms with van der Waals surface area (Å²) < 4.78 is 32.1. The molecule has 2 aromatic rings. The summed E-state index contributed by atoms with van der Waals surface area (Å²) in [5.41, 5.74) is 1.35. The first kappa shape index (κ1) is 22.9. The average molecular weight is 447 g/mol. The molecule has 1 aliphatic rings. The Morgan fingerprint density at radius 2 is 1.77 bits per heavy atom. The monoisotopic (exact) mass is 446 g/mol. The van der Waals surface area contributed by atoms with E-state index in [1.807, 2.05) is 6.92 Å². The van der Waals surface area contributed by atoms with Crippen LogP contribution in [0.1, 0.15) is 30.1 Å². The molecule has 8 nitrogen and oxygen atoms in total. The fourth-order valence-electron chi connectivity index (χ4n) is 3.62. The highest BCUT2D eigenvalue weighted by Gasteiger charge is 2.41. The number of amides is 1. The van der Waals surface area contributed by atoms with Gasteiger partial charge in [-0.25, -0.2) is 13.2 Å². The summed E-state index contributed by atoms with van der Waals surface area (Å²) in [6.07, 6.45) is -0.527. The van der Waals surface area contributed by atoms with Crippen molar-refractivity contribution < 1.29 is 27.9 Å². The van der Waals surface area contributed by atoms with E-state index in [4.69, 9.17) is 4.74 Å². The standard InChI is InChI=1S/C22H26N2O6S/c1-15-10-12-17(13-11-15)31(28,29)24-14-6-9-18(24)21(26)23-19(22(27)30-2)20(25)16-7-4-3-5-8-16/h3-5,7-8,10-13,18-20,25H,6,9,14H2,1-2H3,(H,23,26)/t18-,19-,20?/m0/s1. The van der Waals surface area contributed by atoms with E-state index in [2.05, 4.69) is 5.32 Å². The van der Waals surface area contributed by atoms with E-state index in [1.165, 1.54) is 12.1 Å². The number of esters is 1. The Morgan fingerprint density at radius 3 is 2.39 bits per heavy atom. The van der Waals surface area contributed by atoms with E-state index in [0.717, 1.165) is 17.0 Å². The van der Waals surface area contributed by atoms with Gasteiger partial charge in [-0.1, -0.05) is 48.0 Å². The van der Waals surface area contributed by atoms with Crippen molar-refractivity contribution >= 4 is 21.9 Å². The van der Waals surface area contributed by atoms with Gasteiger partial charge in [-0.3, -0.25) is 4.79 Å². The highest BCUT2D eigenvalue weighted by Crippen LogP contribution is 2.27. The van der Waals surface area contributed by atoms with Gasteiger partial charge in [-0.15, -0.1) is 0 Å². The van der Waals surface area contributed by atoms with Crippen LogP contribution in [-0.4, -0.2) is 55.4 Å². The van der Waals surface area contributed by atoms with Gasteiger partial charge >= 0.3 is 5.97 Å². The van der Waals surface area contributed by atoms with Gasteiger partial charge < -0.3 is 15.2 Å². The Hall–Kier alpha value is -2.75. The number of hydrogen-bond donors (Lipinski definition) is 2. The third kappa shape index (κ3) is 4.95. The molecule has 0 bridgehead atoms. The number of rotatable bonds is 7. The van der Waals surface area contributed by atoms with Gasteiger partial charge in [0.05, 0.1) is 12.0 Å². The first-order valence-corrected chi connectivity index (χ1v) is 11.4. The predicted octanol–water partition coefficient (Wildman–Crippen LogP) is 1.54. The third-order valence-electron chi connectivity index (χ3n) is 5.34. The zero-order valence-corrected chi connectivity index (χ0v) is 18.2. The van der Waals surface area contributed by atoms with Crippen LogP contribution in [0.2, 0.25) is 0 Å². The minimum absolute atomic E-state index is 0.103. The summed E-state index contributed by atoms with van der Waals surface area (Å²) in [6.45, 7) is 2.05. The molecule has 1 heterocycles. The maximum Gasteiger partial charge on any atom is 0.331 e. The maximum atomic E-state index is 13.1. The Kier molecular flexibility index (Phi) is 7.09. The molecule has 9 heteroatoms. The molecule has 0 radical (unpaired) electrons. The van der Waals surface area contributed by atoms with Crippen LogP contribution >= 0.6 is 0 Å². The second kappa shape index (κ2) is 9.59. The third-order valence-corrected chi connectivity index (χ3v) is 7.27. The molecule has 3 rings (SSSR count). The summed E-state index contributed by atoms with van der Waals surface area (Å²) >= 11 is 0. The van der Waals surface area contributed by atoms with Crippen molar-refractivity contribution in [2.45, 2.75) is 42.8 Å². The molecule has 31 heavy (non-hydrogen) atoms. The first-order chi connectivity index (χ1) is 14.8. The number of carbonyl (C=O) groups is 2. The summed E-state index contributed by atoms with van der Waals surface area (Å²) in [5.74, 6) is -1.48. The van der Waals surface area contributed by atoms with Crippen molar-refractivity contribution in [3.8, 4) is 0 Å². The second-order valence-electron chi connectivity index (χ2n) is 7.45. The van der Waals surface area contributed by atoms with E-state index in [1.54, 1.807) is 42.5 Å². The van der Waals surface area contributed by atoms with Gasteiger partial charge in [0.25, 0.3) is 0 Å². The highest BCUT2D eigenvalue weighted by molar-refractivity contribution is 7.89. The van der Waals surface area contributed by atoms with Crippen LogP contribution in [0.15, 0.2) is 59.5 Å². The zero-order chi connectivity index (χ0) is 22.6. The van der Waals surface area contributed by atoms with Crippen molar-refractivity contribution in [2.24, 2.45) is 0 Å². The number of sulfonamides is 1. The molecule has 2 N–H and O–H groups in total. The maximum absolute atomic E-state index is 13.1. The zero-order valence-electron chi connectivity index (χ0n) is 17.4. The van der Waals surface area contributed by atoms with E-state index >= 15 is 0 Å². The van der Waals surface area contributed by atoms with Crippen LogP contribution in [-0.2, 0) is 24.3 Å². The molecule has 0 aliphatic carbocycles. The fourth-order valence-corrected chi connectivity index (χ4v) is 5.28. The quantitative estimate of drug-likeness (QED) is 0.624. The molecule has 3 atom stereocenters. The lowest BCUT2D eigenvalue weighted by Crippen LogP contribution is -2.52. The molecule has 1 fully saturated rings. The van der Waals surface area contributed by atoms with Crippen molar-refractivity contribution in [3.63, 3.8) is 0 Å². The lowest BCUT2D eigenvalue weighted by Gasteiger charge is -2.27. The number of carbonyl (C=O) groups excluding carboxylic acids is 2. The second-order valence-corrected chi connectivity index (χ2v) is 9.34. The van der Waals surface area contributed by atoms with E-state index < -0.39 is 40.1 Å². The van der Waals surface area contributed by atoms with Crippen LogP contribution in [0, 0.1) is 6.92 Å². The average Bonchev–Trinajstić information content (AvgIpc) is 3.28. The van der Waals surface area contributed by atoms with Crippen LogP contribution in [0.25, 0.3) is 0 Å². The van der Waals surface area contributed by atoms with Gasteiger partial charge in [-0.05, 0) is 37.5 Å². The molecule has 0 spiro atoms. The molecule has 166 valence electrons. The highest BCUT2D eigenvalue weighted by atomic mass is 32.2. The Morgan fingerprint density at radius 1 is 1.13 bits per heavy atom. The minimum Gasteiger partial charge on any atom is -0.467 e. The van der Waals surface area contributed by atoms with Gasteiger partial charge in [-0.2, -0.15) is 4.31 Å². The number of aryl methyl sites for hydroxylation is 1. The summed E-state index contributed by atoms with van der Waals surface area (Å²) in [6, 6.07) is 12.4. The summed E-state index contributed by atoms with van der Waals surface area (Å²) in [5, 5.41) is 13.2. The van der Waals surface area contributed by atoms with Crippen LogP contribution in [0.4, 0.5) is 0 Å². The Labute approximate surface area is 181 Å². The number of aliphatic hydroxyl groups excluding tert-OH is 1. The number of ether oxygens (including phenoxy) is 1. The first-order valence-electron chi connectivity index (χ1n) is 9.95. The van der Waals surface area contributed by atoms with Crippen LogP contribution < -0.4 is 5.32 Å². The number of aliphatic hydroxyl groups is 1. The van der Waals surface area contributed by atoms with Crippen molar-refractivity contribution in [2.75, 3.05) is 13.7 Å². The molecule has 2 aromatic carbocycles. The van der Waals surface area contributed by atoms with Gasteiger partial charge in [0, 0.05) is 6.54 Å². The lowest BCUT2D eigenvalue weighted by molar-refractivity contribution is -0.149. The molecule has 0 saturated carbocycles. The van der Waals surface area contributed by atoms with Crippen LogP contribution in [0.5, 0.6) is 0 Å². The lowest BCUT2D eigenvalue weighted by atomic mass is 10.0. The predicted molar refractivity (Wildman–Crippen MR) is 113 cm³/mol. The van der Waals surface area contributed by atoms with Crippen LogP contribution in [0.3, 0.4) is 0 Å². The van der Waals surface area contributed by atoms with Gasteiger partial charge in [0.15, 0.2) is 6.04 Å². The van der Waals surface area contributed by atoms with E-state index in [-0.39, 0.29) is 11.4 Å². The summed E-state index contributed by atoms with van der Waals surface area (Å²) in [4.78, 5) is 25.4. The Bertz CT molecular complexity index is 1020. The molecule has 1 aliphatic heterocycles. The number of nitrogens with zero attached hydrogens (tertiary/aromatic N) is 1. The van der Waals surface area contributed by atoms with E-state index in [9.17, 15) is 23.1 Å². The number of methoxy groups -OCH3 is 1. The van der Waals surface area contributed by atoms with Crippen molar-refractivity contribution in [1.29, 1.82) is 0 Å². The van der Waals surface area contributed by atoms with E-state index in [0.29, 0.717) is 18.4 Å². The minimum atomic E-state index is -3.89. The smallest absolute Gasteiger partial charge is 0.331 e. The fraction of sp³-hybridized carbons (Fsp3) is 0.364. The number of benzene rings is 2. The number of nitrogens with one attached hydrogen (secondary N) is 1. The summed E-state index contributed by atoms with van der Waals surface area (Å²) in [7, 11) is -2.73. The Balaban J connectivity index is 1.82. The molecule has 1 saturated heterocycles. The molecule has 0 aromatic heterocycles. The molecule has 1 amide bonds. The molecular formula is C22H26N2O6S. The number of hydrogen-bond acceptors (Lipinski definition) is 6.